The molecule has 2 aromatic carbocycles. The maximum atomic E-state index is 5.89. The monoisotopic (exact) mass is 311 g/mol. The van der Waals surface area contributed by atoms with Crippen LogP contribution in [0.4, 0.5) is 5.69 Å². The Kier molecular flexibility index (Phi) is 5.51. The lowest BCUT2D eigenvalue weighted by molar-refractivity contribution is 0.112. The van der Waals surface area contributed by atoms with Crippen LogP contribution in [0, 0.1) is 0 Å². The van der Waals surface area contributed by atoms with Gasteiger partial charge in [-0.3, -0.25) is 9.80 Å². The standard InChI is InChI=1S/C19H25N3O/c20-18-8-4-5-9-19(18)23-15-14-21-10-12-22(13-11-21)16-17-6-2-1-3-7-17/h1-9H,10-16,20H2. The molecule has 122 valence electrons. The molecule has 2 N–H and O–H groups in total. The van der Waals surface area contributed by atoms with Gasteiger partial charge < -0.3 is 10.5 Å². The third-order valence-corrected chi connectivity index (χ3v) is 4.30. The predicted molar refractivity (Wildman–Crippen MR) is 94.5 cm³/mol. The molecule has 0 atom stereocenters. The molecule has 4 heteroatoms. The molecule has 0 saturated carbocycles. The van der Waals surface area contributed by atoms with E-state index in [4.69, 9.17) is 10.5 Å². The van der Waals surface area contributed by atoms with Gasteiger partial charge in [0, 0.05) is 39.3 Å². The van der Waals surface area contributed by atoms with Gasteiger partial charge in [0.2, 0.25) is 0 Å². The first-order valence-electron chi connectivity index (χ1n) is 8.27. The molecule has 0 bridgehead atoms. The number of ether oxygens (including phenoxy) is 1. The summed E-state index contributed by atoms with van der Waals surface area (Å²) in [6.45, 7) is 7.11. The van der Waals surface area contributed by atoms with Gasteiger partial charge in [0.15, 0.2) is 0 Å². The molecular formula is C19H25N3O. The summed E-state index contributed by atoms with van der Waals surface area (Å²) in [4.78, 5) is 4.97. The van der Waals surface area contributed by atoms with Gasteiger partial charge in [-0.1, -0.05) is 42.5 Å². The van der Waals surface area contributed by atoms with Crippen LogP contribution in [0.3, 0.4) is 0 Å². The Balaban J connectivity index is 1.37. The number of anilines is 1. The quantitative estimate of drug-likeness (QED) is 0.832. The van der Waals surface area contributed by atoms with E-state index in [1.807, 2.05) is 24.3 Å². The van der Waals surface area contributed by atoms with Gasteiger partial charge in [-0.25, -0.2) is 0 Å². The van der Waals surface area contributed by atoms with Gasteiger partial charge in [-0.15, -0.1) is 0 Å². The topological polar surface area (TPSA) is 41.7 Å². The van der Waals surface area contributed by atoms with Crippen LogP contribution in [0.1, 0.15) is 5.56 Å². The smallest absolute Gasteiger partial charge is 0.142 e. The van der Waals surface area contributed by atoms with E-state index >= 15 is 0 Å². The van der Waals surface area contributed by atoms with Gasteiger partial charge in [0.1, 0.15) is 12.4 Å². The Hall–Kier alpha value is -2.04. The molecule has 4 nitrogen and oxygen atoms in total. The van der Waals surface area contributed by atoms with E-state index in [1.54, 1.807) is 0 Å². The minimum absolute atomic E-state index is 0.687. The SMILES string of the molecule is Nc1ccccc1OCCN1CCN(Cc2ccccc2)CC1. The Morgan fingerprint density at radius 2 is 1.48 bits per heavy atom. The molecule has 1 heterocycles. The normalized spacial score (nSPS) is 16.3. The van der Waals surface area contributed by atoms with E-state index in [-0.39, 0.29) is 0 Å². The molecular weight excluding hydrogens is 286 g/mol. The molecule has 0 spiro atoms. The predicted octanol–water partition coefficient (Wildman–Crippen LogP) is 2.47. The molecule has 1 aliphatic rings. The van der Waals surface area contributed by atoms with Crippen molar-refractivity contribution in [2.24, 2.45) is 0 Å². The molecule has 0 aliphatic carbocycles. The third kappa shape index (κ3) is 4.71. The van der Waals surface area contributed by atoms with Crippen LogP contribution in [0.25, 0.3) is 0 Å². The van der Waals surface area contributed by atoms with Gasteiger partial charge >= 0.3 is 0 Å². The van der Waals surface area contributed by atoms with E-state index in [0.717, 1.165) is 45.0 Å². The second-order valence-electron chi connectivity index (χ2n) is 5.99. The highest BCUT2D eigenvalue weighted by Crippen LogP contribution is 2.19. The molecule has 0 aromatic heterocycles. The first-order valence-corrected chi connectivity index (χ1v) is 8.27. The number of nitrogens with zero attached hydrogens (tertiary/aromatic N) is 2. The van der Waals surface area contributed by atoms with Crippen LogP contribution < -0.4 is 10.5 Å². The fourth-order valence-corrected chi connectivity index (χ4v) is 2.91. The second-order valence-corrected chi connectivity index (χ2v) is 5.99. The molecule has 0 unspecified atom stereocenters. The summed E-state index contributed by atoms with van der Waals surface area (Å²) in [5.74, 6) is 0.787. The van der Waals surface area contributed by atoms with E-state index in [9.17, 15) is 0 Å². The van der Waals surface area contributed by atoms with Crippen molar-refractivity contribution in [3.63, 3.8) is 0 Å². The Morgan fingerprint density at radius 3 is 2.22 bits per heavy atom. The summed E-state index contributed by atoms with van der Waals surface area (Å²) < 4.78 is 5.78. The number of benzene rings is 2. The molecule has 0 radical (unpaired) electrons. The zero-order valence-electron chi connectivity index (χ0n) is 13.5. The maximum Gasteiger partial charge on any atom is 0.142 e. The summed E-state index contributed by atoms with van der Waals surface area (Å²) >= 11 is 0. The maximum absolute atomic E-state index is 5.89. The number of piperazine rings is 1. The molecule has 23 heavy (non-hydrogen) atoms. The van der Waals surface area contributed by atoms with Crippen LogP contribution in [-0.2, 0) is 6.54 Å². The van der Waals surface area contributed by atoms with Crippen molar-refractivity contribution in [3.05, 3.63) is 60.2 Å². The van der Waals surface area contributed by atoms with Crippen molar-refractivity contribution < 1.29 is 4.74 Å². The van der Waals surface area contributed by atoms with Crippen LogP contribution in [0.5, 0.6) is 5.75 Å². The number of nitrogens with two attached hydrogens (primary N) is 1. The number of para-hydroxylation sites is 2. The van der Waals surface area contributed by atoms with Crippen LogP contribution in [-0.4, -0.2) is 49.1 Å². The molecule has 1 saturated heterocycles. The zero-order valence-corrected chi connectivity index (χ0v) is 13.5. The summed E-state index contributed by atoms with van der Waals surface area (Å²) in [5, 5.41) is 0. The van der Waals surface area contributed by atoms with Crippen molar-refractivity contribution in [3.8, 4) is 5.75 Å². The molecule has 0 amide bonds. The third-order valence-electron chi connectivity index (χ3n) is 4.30. The van der Waals surface area contributed by atoms with E-state index < -0.39 is 0 Å². The fourth-order valence-electron chi connectivity index (χ4n) is 2.91. The van der Waals surface area contributed by atoms with Crippen molar-refractivity contribution in [1.29, 1.82) is 0 Å². The highest BCUT2D eigenvalue weighted by atomic mass is 16.5. The van der Waals surface area contributed by atoms with Gasteiger partial charge in [-0.05, 0) is 17.7 Å². The van der Waals surface area contributed by atoms with Gasteiger partial charge in [-0.2, -0.15) is 0 Å². The summed E-state index contributed by atoms with van der Waals surface area (Å²) in [5.41, 5.74) is 7.99. The lowest BCUT2D eigenvalue weighted by Crippen LogP contribution is -2.47. The van der Waals surface area contributed by atoms with E-state index in [2.05, 4.69) is 40.1 Å². The van der Waals surface area contributed by atoms with Crippen molar-refractivity contribution in [2.45, 2.75) is 6.54 Å². The highest BCUT2D eigenvalue weighted by Gasteiger charge is 2.16. The Labute approximate surface area is 138 Å². The fraction of sp³-hybridized carbons (Fsp3) is 0.368. The lowest BCUT2D eigenvalue weighted by Gasteiger charge is -2.34. The number of rotatable bonds is 6. The van der Waals surface area contributed by atoms with Gasteiger partial charge in [0.25, 0.3) is 0 Å². The van der Waals surface area contributed by atoms with Crippen LogP contribution in [0.15, 0.2) is 54.6 Å². The summed E-state index contributed by atoms with van der Waals surface area (Å²) in [7, 11) is 0. The molecule has 2 aromatic rings. The molecule has 1 fully saturated rings. The average molecular weight is 311 g/mol. The van der Waals surface area contributed by atoms with Crippen molar-refractivity contribution in [2.75, 3.05) is 45.1 Å². The number of nitrogen functional groups attached to an aromatic ring is 1. The van der Waals surface area contributed by atoms with Crippen molar-refractivity contribution >= 4 is 5.69 Å². The van der Waals surface area contributed by atoms with Crippen LogP contribution in [0.2, 0.25) is 0 Å². The first-order chi connectivity index (χ1) is 11.3. The summed E-state index contributed by atoms with van der Waals surface area (Å²) in [6.07, 6.45) is 0. The first kappa shape index (κ1) is 15.8. The largest absolute Gasteiger partial charge is 0.490 e. The highest BCUT2D eigenvalue weighted by molar-refractivity contribution is 5.51. The Bertz CT molecular complexity index is 595. The van der Waals surface area contributed by atoms with Gasteiger partial charge in [0.05, 0.1) is 5.69 Å². The molecule has 3 rings (SSSR count). The average Bonchev–Trinajstić information content (AvgIpc) is 2.59. The number of hydrogen-bond acceptors (Lipinski definition) is 4. The zero-order chi connectivity index (χ0) is 15.9. The number of hydrogen-bond donors (Lipinski definition) is 1. The minimum atomic E-state index is 0.687. The van der Waals surface area contributed by atoms with E-state index in [0.29, 0.717) is 12.3 Å². The van der Waals surface area contributed by atoms with Crippen molar-refractivity contribution in [1.82, 2.24) is 9.80 Å². The Morgan fingerprint density at radius 1 is 0.826 bits per heavy atom. The second kappa shape index (κ2) is 7.99. The van der Waals surface area contributed by atoms with Crippen LogP contribution >= 0.6 is 0 Å². The lowest BCUT2D eigenvalue weighted by atomic mass is 10.2. The summed E-state index contributed by atoms with van der Waals surface area (Å²) in [6, 6.07) is 18.4. The van der Waals surface area contributed by atoms with E-state index in [1.165, 1.54) is 5.56 Å². The minimum Gasteiger partial charge on any atom is -0.490 e. The molecule has 1 aliphatic heterocycles.